The molecule has 0 bridgehead atoms. The van der Waals surface area contributed by atoms with E-state index in [0.717, 1.165) is 5.39 Å². The summed E-state index contributed by atoms with van der Waals surface area (Å²) < 4.78 is 16.5. The number of esters is 1. The van der Waals surface area contributed by atoms with Crippen LogP contribution < -0.4 is 10.1 Å². The van der Waals surface area contributed by atoms with E-state index in [1.165, 1.54) is 13.8 Å². The van der Waals surface area contributed by atoms with Gasteiger partial charge in [0, 0.05) is 29.1 Å². The minimum atomic E-state index is -1.00. The average molecular weight is 409 g/mol. The van der Waals surface area contributed by atoms with Crippen molar-refractivity contribution in [2.45, 2.75) is 33.8 Å². The number of nitrogens with one attached hydrogen (secondary N) is 1. The number of rotatable bonds is 7. The molecular formula is C23H23NO6. The number of ketones is 1. The molecule has 0 unspecified atom stereocenters. The summed E-state index contributed by atoms with van der Waals surface area (Å²) in [5.41, 5.74) is 2.10. The predicted molar refractivity (Wildman–Crippen MR) is 112 cm³/mol. The van der Waals surface area contributed by atoms with Crippen LogP contribution in [0.3, 0.4) is 0 Å². The van der Waals surface area contributed by atoms with Gasteiger partial charge in [-0.05, 0) is 63.2 Å². The first-order chi connectivity index (χ1) is 14.3. The van der Waals surface area contributed by atoms with Gasteiger partial charge in [-0.15, -0.1) is 0 Å². The number of hydrogen-bond acceptors (Lipinski definition) is 6. The van der Waals surface area contributed by atoms with Crippen LogP contribution in [-0.2, 0) is 9.53 Å². The van der Waals surface area contributed by atoms with Crippen LogP contribution in [0.4, 0.5) is 5.69 Å². The molecule has 1 amide bonds. The molecular weight excluding hydrogens is 386 g/mol. The number of benzene rings is 2. The third kappa shape index (κ3) is 4.51. The highest BCUT2D eigenvalue weighted by atomic mass is 16.6. The zero-order valence-corrected chi connectivity index (χ0v) is 17.3. The standard InChI is InChI=1S/C23H23NO6/c1-5-28-18-10-11-20-19(12-18)13(2)22(30-20)23(27)29-14(3)21(26)16-6-8-17(9-7-16)24-15(4)25/h6-12,14H,5H2,1-4H3,(H,24,25)/t14-/m1/s1. The largest absolute Gasteiger partial charge is 0.494 e. The third-order valence-corrected chi connectivity index (χ3v) is 4.55. The molecule has 0 aliphatic heterocycles. The van der Waals surface area contributed by atoms with Gasteiger partial charge in [-0.2, -0.15) is 0 Å². The van der Waals surface area contributed by atoms with Crippen LogP contribution in [0.2, 0.25) is 0 Å². The summed E-state index contributed by atoms with van der Waals surface area (Å²) in [5.74, 6) is -0.534. The molecule has 7 heteroatoms. The van der Waals surface area contributed by atoms with Crippen molar-refractivity contribution < 1.29 is 28.3 Å². The summed E-state index contributed by atoms with van der Waals surface area (Å²) in [6, 6.07) is 11.7. The van der Waals surface area contributed by atoms with Gasteiger partial charge in [0.1, 0.15) is 11.3 Å². The molecule has 0 saturated heterocycles. The second-order valence-electron chi connectivity index (χ2n) is 6.82. The molecule has 0 aliphatic rings. The molecule has 1 N–H and O–H groups in total. The number of carbonyl (C=O) groups excluding carboxylic acids is 3. The smallest absolute Gasteiger partial charge is 0.375 e. The fourth-order valence-electron chi connectivity index (χ4n) is 3.07. The molecule has 1 atom stereocenters. The fraction of sp³-hybridized carbons (Fsp3) is 0.261. The molecule has 0 fully saturated rings. The van der Waals surface area contributed by atoms with Gasteiger partial charge in [-0.25, -0.2) is 4.79 Å². The van der Waals surface area contributed by atoms with Crippen molar-refractivity contribution in [1.82, 2.24) is 0 Å². The number of amides is 1. The van der Waals surface area contributed by atoms with Crippen LogP contribution >= 0.6 is 0 Å². The van der Waals surface area contributed by atoms with E-state index in [1.807, 2.05) is 6.92 Å². The highest BCUT2D eigenvalue weighted by Crippen LogP contribution is 2.29. The second kappa shape index (κ2) is 8.82. The second-order valence-corrected chi connectivity index (χ2v) is 6.82. The molecule has 1 heterocycles. The maximum Gasteiger partial charge on any atom is 0.375 e. The van der Waals surface area contributed by atoms with Crippen LogP contribution in [0.5, 0.6) is 5.75 Å². The average Bonchev–Trinajstić information content (AvgIpc) is 3.04. The van der Waals surface area contributed by atoms with Crippen molar-refractivity contribution in [3.8, 4) is 5.75 Å². The number of Topliss-reactive ketones (excluding diaryl/α,β-unsaturated/α-hetero) is 1. The van der Waals surface area contributed by atoms with E-state index >= 15 is 0 Å². The van der Waals surface area contributed by atoms with E-state index in [-0.39, 0.29) is 17.5 Å². The Labute approximate surface area is 174 Å². The maximum absolute atomic E-state index is 12.6. The summed E-state index contributed by atoms with van der Waals surface area (Å²) >= 11 is 0. The molecule has 0 radical (unpaired) electrons. The van der Waals surface area contributed by atoms with Gasteiger partial charge in [0.2, 0.25) is 17.5 Å². The molecule has 0 spiro atoms. The van der Waals surface area contributed by atoms with E-state index in [9.17, 15) is 14.4 Å². The highest BCUT2D eigenvalue weighted by Gasteiger charge is 2.25. The quantitative estimate of drug-likeness (QED) is 0.455. The van der Waals surface area contributed by atoms with Gasteiger partial charge in [0.15, 0.2) is 6.10 Å². The van der Waals surface area contributed by atoms with Gasteiger partial charge >= 0.3 is 5.97 Å². The van der Waals surface area contributed by atoms with Gasteiger partial charge in [-0.3, -0.25) is 9.59 Å². The van der Waals surface area contributed by atoms with Crippen molar-refractivity contribution in [3.63, 3.8) is 0 Å². The Morgan fingerprint density at radius 3 is 2.43 bits per heavy atom. The number of ether oxygens (including phenoxy) is 2. The number of fused-ring (bicyclic) bond motifs is 1. The van der Waals surface area contributed by atoms with E-state index in [4.69, 9.17) is 13.9 Å². The number of carbonyl (C=O) groups is 3. The lowest BCUT2D eigenvalue weighted by molar-refractivity contribution is -0.114. The molecule has 30 heavy (non-hydrogen) atoms. The lowest BCUT2D eigenvalue weighted by Gasteiger charge is -2.12. The van der Waals surface area contributed by atoms with Crippen molar-refractivity contribution >= 4 is 34.3 Å². The number of aryl methyl sites for hydroxylation is 1. The first-order valence-corrected chi connectivity index (χ1v) is 9.59. The van der Waals surface area contributed by atoms with E-state index in [1.54, 1.807) is 49.4 Å². The van der Waals surface area contributed by atoms with Crippen LogP contribution in [0.25, 0.3) is 11.0 Å². The van der Waals surface area contributed by atoms with Crippen molar-refractivity contribution in [2.24, 2.45) is 0 Å². The zero-order chi connectivity index (χ0) is 21.8. The molecule has 1 aromatic heterocycles. The summed E-state index contributed by atoms with van der Waals surface area (Å²) in [6.07, 6.45) is -1.00. The molecule has 3 rings (SSSR count). The van der Waals surface area contributed by atoms with E-state index < -0.39 is 12.1 Å². The van der Waals surface area contributed by atoms with E-state index in [0.29, 0.717) is 34.8 Å². The van der Waals surface area contributed by atoms with Gasteiger partial charge < -0.3 is 19.2 Å². The third-order valence-electron chi connectivity index (χ3n) is 4.55. The Morgan fingerprint density at radius 1 is 1.10 bits per heavy atom. The molecule has 0 saturated carbocycles. The SMILES string of the molecule is CCOc1ccc2oc(C(=O)O[C@H](C)C(=O)c3ccc(NC(C)=O)cc3)c(C)c2c1. The minimum absolute atomic E-state index is 0.0549. The maximum atomic E-state index is 12.6. The molecule has 3 aromatic rings. The van der Waals surface area contributed by atoms with Crippen LogP contribution in [0, 0.1) is 6.92 Å². The molecule has 156 valence electrons. The van der Waals surface area contributed by atoms with Crippen LogP contribution in [0.15, 0.2) is 46.9 Å². The summed E-state index contributed by atoms with van der Waals surface area (Å²) in [6.45, 7) is 7.08. The Balaban J connectivity index is 1.74. The van der Waals surface area contributed by atoms with Gasteiger partial charge in [0.25, 0.3) is 0 Å². The Hall–Kier alpha value is -3.61. The Bertz CT molecular complexity index is 1100. The monoisotopic (exact) mass is 409 g/mol. The van der Waals surface area contributed by atoms with Gasteiger partial charge in [0.05, 0.1) is 6.61 Å². The predicted octanol–water partition coefficient (Wildman–Crippen LogP) is 4.53. The summed E-state index contributed by atoms with van der Waals surface area (Å²) in [4.78, 5) is 36.3. The lowest BCUT2D eigenvalue weighted by atomic mass is 10.1. The lowest BCUT2D eigenvalue weighted by Crippen LogP contribution is -2.24. The van der Waals surface area contributed by atoms with E-state index in [2.05, 4.69) is 5.32 Å². The van der Waals surface area contributed by atoms with Crippen LogP contribution in [-0.4, -0.2) is 30.4 Å². The minimum Gasteiger partial charge on any atom is -0.494 e. The van der Waals surface area contributed by atoms with Crippen molar-refractivity contribution in [3.05, 3.63) is 59.4 Å². The normalized spacial score (nSPS) is 11.7. The fourth-order valence-corrected chi connectivity index (χ4v) is 3.07. The number of anilines is 1. The Morgan fingerprint density at radius 2 is 1.80 bits per heavy atom. The number of furan rings is 1. The molecule has 2 aromatic carbocycles. The van der Waals surface area contributed by atoms with Crippen molar-refractivity contribution in [1.29, 1.82) is 0 Å². The highest BCUT2D eigenvalue weighted by molar-refractivity contribution is 6.02. The summed E-state index contributed by atoms with van der Waals surface area (Å²) in [7, 11) is 0. The zero-order valence-electron chi connectivity index (χ0n) is 17.3. The first-order valence-electron chi connectivity index (χ1n) is 9.59. The Kier molecular flexibility index (Phi) is 6.20. The van der Waals surface area contributed by atoms with Crippen molar-refractivity contribution in [2.75, 3.05) is 11.9 Å². The first kappa shape index (κ1) is 21.1. The number of hydrogen-bond donors (Lipinski definition) is 1. The molecule has 0 aliphatic carbocycles. The van der Waals surface area contributed by atoms with Crippen LogP contribution in [0.1, 0.15) is 47.2 Å². The summed E-state index contributed by atoms with van der Waals surface area (Å²) in [5, 5.41) is 3.38. The van der Waals surface area contributed by atoms with Gasteiger partial charge in [-0.1, -0.05) is 0 Å². The topological polar surface area (TPSA) is 94.8 Å². The molecule has 7 nitrogen and oxygen atoms in total.